The SMILES string of the molecule is CCCCCCN1C(=O)C2C(N=C3N(c4cc(C)ccc4C)C(C)=CN32)N(C)C1=O. The summed E-state index contributed by atoms with van der Waals surface area (Å²) < 4.78 is 0. The Bertz CT molecular complexity index is 938. The third-order valence-electron chi connectivity index (χ3n) is 6.23. The fourth-order valence-electron chi connectivity index (χ4n) is 4.51. The summed E-state index contributed by atoms with van der Waals surface area (Å²) >= 11 is 0. The normalized spacial score (nSPS) is 23.1. The molecule has 3 heterocycles. The number of unbranched alkanes of at least 4 members (excludes halogenated alkanes) is 3. The summed E-state index contributed by atoms with van der Waals surface area (Å²) in [5.41, 5.74) is 4.38. The van der Waals surface area contributed by atoms with E-state index in [1.54, 1.807) is 11.9 Å². The first kappa shape index (κ1) is 20.4. The Morgan fingerprint density at radius 3 is 2.57 bits per heavy atom. The third-order valence-corrected chi connectivity index (χ3v) is 6.23. The number of hydrogen-bond acceptors (Lipinski definition) is 5. The first-order valence-electron chi connectivity index (χ1n) is 10.8. The third kappa shape index (κ3) is 3.16. The van der Waals surface area contributed by atoms with Crippen molar-refractivity contribution in [2.24, 2.45) is 4.99 Å². The van der Waals surface area contributed by atoms with Gasteiger partial charge in [-0.1, -0.05) is 38.3 Å². The maximum atomic E-state index is 13.4. The van der Waals surface area contributed by atoms with Crippen molar-refractivity contribution in [3.63, 3.8) is 0 Å². The van der Waals surface area contributed by atoms with Gasteiger partial charge in [-0.15, -0.1) is 0 Å². The van der Waals surface area contributed by atoms with Crippen molar-refractivity contribution in [1.82, 2.24) is 14.7 Å². The minimum atomic E-state index is -0.501. The zero-order valence-electron chi connectivity index (χ0n) is 18.6. The fraction of sp³-hybridized carbons (Fsp3) is 0.522. The maximum Gasteiger partial charge on any atom is 0.328 e. The average Bonchev–Trinajstić information content (AvgIpc) is 3.22. The van der Waals surface area contributed by atoms with Crippen LogP contribution in [-0.2, 0) is 4.79 Å². The number of hydrogen-bond donors (Lipinski definition) is 0. The van der Waals surface area contributed by atoms with Crippen LogP contribution in [0.2, 0.25) is 0 Å². The Balaban J connectivity index is 1.63. The largest absolute Gasteiger partial charge is 0.328 e. The van der Waals surface area contributed by atoms with Crippen molar-refractivity contribution in [3.05, 3.63) is 41.2 Å². The molecule has 1 aromatic rings. The van der Waals surface area contributed by atoms with E-state index in [9.17, 15) is 9.59 Å². The summed E-state index contributed by atoms with van der Waals surface area (Å²) in [6, 6.07) is 5.58. The Labute approximate surface area is 178 Å². The molecule has 1 aromatic carbocycles. The molecular weight excluding hydrogens is 378 g/mol. The number of amides is 3. The molecule has 0 bridgehead atoms. The molecule has 160 valence electrons. The van der Waals surface area contributed by atoms with E-state index in [1.165, 1.54) is 10.5 Å². The van der Waals surface area contributed by atoms with Crippen LogP contribution in [0, 0.1) is 13.8 Å². The molecule has 2 unspecified atom stereocenters. The number of allylic oxidation sites excluding steroid dienone is 1. The number of anilines is 1. The lowest BCUT2D eigenvalue weighted by Gasteiger charge is -2.40. The Kier molecular flexibility index (Phi) is 5.30. The van der Waals surface area contributed by atoms with Crippen LogP contribution in [0.4, 0.5) is 10.5 Å². The van der Waals surface area contributed by atoms with E-state index < -0.39 is 12.2 Å². The van der Waals surface area contributed by atoms with Gasteiger partial charge < -0.3 is 9.80 Å². The number of benzene rings is 1. The van der Waals surface area contributed by atoms with Gasteiger partial charge in [-0.2, -0.15) is 0 Å². The number of aliphatic imine (C=N–C) groups is 1. The predicted octanol–water partition coefficient (Wildman–Crippen LogP) is 3.83. The van der Waals surface area contributed by atoms with Gasteiger partial charge in [-0.05, 0) is 44.4 Å². The highest BCUT2D eigenvalue weighted by Gasteiger charge is 2.54. The van der Waals surface area contributed by atoms with E-state index in [2.05, 4.69) is 43.9 Å². The summed E-state index contributed by atoms with van der Waals surface area (Å²) in [6.45, 7) is 8.79. The van der Waals surface area contributed by atoms with Crippen LogP contribution in [-0.4, -0.2) is 58.4 Å². The highest BCUT2D eigenvalue weighted by molar-refractivity contribution is 6.10. The summed E-state index contributed by atoms with van der Waals surface area (Å²) in [5.74, 6) is 0.572. The first-order valence-corrected chi connectivity index (χ1v) is 10.8. The number of guanidine groups is 1. The lowest BCUT2D eigenvalue weighted by Crippen LogP contribution is -2.64. The molecule has 30 heavy (non-hydrogen) atoms. The first-order chi connectivity index (χ1) is 14.3. The van der Waals surface area contributed by atoms with Crippen LogP contribution in [0.3, 0.4) is 0 Å². The van der Waals surface area contributed by atoms with E-state index >= 15 is 0 Å². The van der Waals surface area contributed by atoms with Crippen molar-refractivity contribution >= 4 is 23.6 Å². The van der Waals surface area contributed by atoms with Crippen LogP contribution in [0.25, 0.3) is 0 Å². The van der Waals surface area contributed by atoms with E-state index in [0.717, 1.165) is 48.6 Å². The molecule has 0 saturated carbocycles. The number of fused-ring (bicyclic) bond motifs is 3. The van der Waals surface area contributed by atoms with Crippen LogP contribution in [0.1, 0.15) is 50.7 Å². The molecule has 0 radical (unpaired) electrons. The number of urea groups is 1. The summed E-state index contributed by atoms with van der Waals surface area (Å²) in [4.78, 5) is 38.2. The number of rotatable bonds is 6. The van der Waals surface area contributed by atoms with Gasteiger partial charge in [0.1, 0.15) is 0 Å². The summed E-state index contributed by atoms with van der Waals surface area (Å²) in [7, 11) is 1.75. The molecule has 0 aromatic heterocycles. The second-order valence-electron chi connectivity index (χ2n) is 8.53. The zero-order chi connectivity index (χ0) is 21.6. The molecule has 4 rings (SSSR count). The molecule has 7 heteroatoms. The molecule has 1 fully saturated rings. The van der Waals surface area contributed by atoms with Crippen molar-refractivity contribution in [1.29, 1.82) is 0 Å². The van der Waals surface area contributed by atoms with Gasteiger partial charge in [0.25, 0.3) is 5.91 Å². The minimum Gasteiger partial charge on any atom is -0.302 e. The van der Waals surface area contributed by atoms with Crippen LogP contribution < -0.4 is 4.90 Å². The lowest BCUT2D eigenvalue weighted by atomic mass is 10.1. The number of imide groups is 1. The number of likely N-dealkylation sites (N-methyl/N-ethyl adjacent to an activating group) is 1. The zero-order valence-corrected chi connectivity index (χ0v) is 18.6. The predicted molar refractivity (Wildman–Crippen MR) is 118 cm³/mol. The Morgan fingerprint density at radius 2 is 1.83 bits per heavy atom. The van der Waals surface area contributed by atoms with Crippen LogP contribution in [0.5, 0.6) is 0 Å². The highest BCUT2D eigenvalue weighted by atomic mass is 16.2. The van der Waals surface area contributed by atoms with Gasteiger partial charge in [0.05, 0.1) is 5.69 Å². The molecule has 3 amide bonds. The molecule has 3 aliphatic rings. The Morgan fingerprint density at radius 1 is 1.07 bits per heavy atom. The number of nitrogens with zero attached hydrogens (tertiary/aromatic N) is 5. The monoisotopic (exact) mass is 409 g/mol. The molecule has 3 aliphatic heterocycles. The lowest BCUT2D eigenvalue weighted by molar-refractivity contribution is -0.136. The van der Waals surface area contributed by atoms with Gasteiger partial charge in [-0.25, -0.2) is 9.79 Å². The average molecular weight is 410 g/mol. The number of carbonyl (C=O) groups is 2. The molecular formula is C23H31N5O2. The molecule has 0 spiro atoms. The molecule has 0 aliphatic carbocycles. The summed E-state index contributed by atoms with van der Waals surface area (Å²) in [5, 5.41) is 0. The van der Waals surface area contributed by atoms with Gasteiger partial charge in [0.15, 0.2) is 12.2 Å². The molecule has 1 saturated heterocycles. The standard InChI is InChI=1S/C23H31N5O2/c1-6-7-8-9-12-26-21(29)19-20(25(5)23(26)30)24-22-27(19)14-17(4)28(22)18-13-15(2)10-11-16(18)3/h10-11,13-14,19-20H,6-9,12H2,1-5H3. The highest BCUT2D eigenvalue weighted by Crippen LogP contribution is 2.37. The second kappa shape index (κ2) is 7.78. The van der Waals surface area contributed by atoms with Crippen molar-refractivity contribution in [3.8, 4) is 0 Å². The fourth-order valence-corrected chi connectivity index (χ4v) is 4.51. The topological polar surface area (TPSA) is 59.5 Å². The minimum absolute atomic E-state index is 0.148. The van der Waals surface area contributed by atoms with Crippen LogP contribution in [0.15, 0.2) is 35.1 Å². The second-order valence-corrected chi connectivity index (χ2v) is 8.53. The molecule has 2 atom stereocenters. The van der Waals surface area contributed by atoms with E-state index in [4.69, 9.17) is 4.99 Å². The molecule has 7 nitrogen and oxygen atoms in total. The van der Waals surface area contributed by atoms with Crippen molar-refractivity contribution in [2.45, 2.75) is 65.6 Å². The molecule has 0 N–H and O–H groups in total. The van der Waals surface area contributed by atoms with E-state index in [0.29, 0.717) is 6.54 Å². The van der Waals surface area contributed by atoms with Crippen molar-refractivity contribution in [2.75, 3.05) is 18.5 Å². The van der Waals surface area contributed by atoms with Gasteiger partial charge >= 0.3 is 6.03 Å². The number of carbonyl (C=O) groups excluding carboxylic acids is 2. The van der Waals surface area contributed by atoms with Crippen LogP contribution >= 0.6 is 0 Å². The van der Waals surface area contributed by atoms with E-state index in [-0.39, 0.29) is 11.9 Å². The quantitative estimate of drug-likeness (QED) is 0.670. The summed E-state index contributed by atoms with van der Waals surface area (Å²) in [6.07, 6.45) is 5.59. The van der Waals surface area contributed by atoms with Crippen molar-refractivity contribution < 1.29 is 9.59 Å². The van der Waals surface area contributed by atoms with Gasteiger partial charge in [0.2, 0.25) is 5.96 Å². The smallest absolute Gasteiger partial charge is 0.302 e. The van der Waals surface area contributed by atoms with Gasteiger partial charge in [0, 0.05) is 25.5 Å². The number of aryl methyl sites for hydroxylation is 2. The van der Waals surface area contributed by atoms with E-state index in [1.807, 2.05) is 18.0 Å². The Hall–Kier alpha value is -2.83. The maximum absolute atomic E-state index is 13.4. The van der Waals surface area contributed by atoms with Gasteiger partial charge in [-0.3, -0.25) is 14.6 Å².